The van der Waals surface area contributed by atoms with Gasteiger partial charge in [-0.1, -0.05) is 25.5 Å². The standard InChI is InChI=1S/C17H27NO2/c1-2-3-10-20-17-8-4-6-15(11-17)12-18-9-5-7-16(13-18)14-19/h4,6,8,11,16,19H,2-3,5,7,9-10,12-14H2,1H3. The van der Waals surface area contributed by atoms with Crippen LogP contribution in [0.15, 0.2) is 24.3 Å². The van der Waals surface area contributed by atoms with Gasteiger partial charge in [0.15, 0.2) is 0 Å². The van der Waals surface area contributed by atoms with Crippen molar-refractivity contribution in [1.82, 2.24) is 4.90 Å². The molecule has 3 nitrogen and oxygen atoms in total. The maximum atomic E-state index is 9.29. The molecular weight excluding hydrogens is 250 g/mol. The van der Waals surface area contributed by atoms with Crippen LogP contribution in [0.1, 0.15) is 38.2 Å². The average Bonchev–Trinajstić information content (AvgIpc) is 2.48. The summed E-state index contributed by atoms with van der Waals surface area (Å²) < 4.78 is 5.76. The van der Waals surface area contributed by atoms with Crippen LogP contribution >= 0.6 is 0 Å². The number of likely N-dealkylation sites (tertiary alicyclic amines) is 1. The largest absolute Gasteiger partial charge is 0.494 e. The fourth-order valence-corrected chi connectivity index (χ4v) is 2.77. The molecule has 0 aromatic heterocycles. The van der Waals surface area contributed by atoms with Gasteiger partial charge in [0, 0.05) is 19.7 Å². The van der Waals surface area contributed by atoms with Gasteiger partial charge in [-0.3, -0.25) is 4.90 Å². The van der Waals surface area contributed by atoms with Crippen molar-refractivity contribution in [2.45, 2.75) is 39.2 Å². The molecule has 0 saturated carbocycles. The van der Waals surface area contributed by atoms with E-state index in [9.17, 15) is 5.11 Å². The Morgan fingerprint density at radius 3 is 3.10 bits per heavy atom. The smallest absolute Gasteiger partial charge is 0.119 e. The van der Waals surface area contributed by atoms with Gasteiger partial charge in [0.25, 0.3) is 0 Å². The molecule has 1 N–H and O–H groups in total. The summed E-state index contributed by atoms with van der Waals surface area (Å²) >= 11 is 0. The van der Waals surface area contributed by atoms with Gasteiger partial charge < -0.3 is 9.84 Å². The molecule has 0 aliphatic carbocycles. The van der Waals surface area contributed by atoms with Crippen molar-refractivity contribution in [3.05, 3.63) is 29.8 Å². The van der Waals surface area contributed by atoms with Crippen LogP contribution in [0.25, 0.3) is 0 Å². The summed E-state index contributed by atoms with van der Waals surface area (Å²) in [6.45, 7) is 6.40. The number of aliphatic hydroxyl groups excluding tert-OH is 1. The summed E-state index contributed by atoms with van der Waals surface area (Å²) in [4.78, 5) is 2.44. The highest BCUT2D eigenvalue weighted by molar-refractivity contribution is 5.28. The van der Waals surface area contributed by atoms with Crippen LogP contribution in [0.5, 0.6) is 5.75 Å². The minimum Gasteiger partial charge on any atom is -0.494 e. The van der Waals surface area contributed by atoms with Crippen molar-refractivity contribution in [3.8, 4) is 5.75 Å². The van der Waals surface area contributed by atoms with Gasteiger partial charge in [0.05, 0.1) is 6.61 Å². The second-order valence-electron chi connectivity index (χ2n) is 5.78. The van der Waals surface area contributed by atoms with Crippen LogP contribution in [0.2, 0.25) is 0 Å². The predicted octanol–water partition coefficient (Wildman–Crippen LogP) is 3.07. The van der Waals surface area contributed by atoms with Crippen molar-refractivity contribution >= 4 is 0 Å². The molecule has 1 heterocycles. The SMILES string of the molecule is CCCCOc1cccc(CN2CCCC(CO)C2)c1. The first kappa shape index (κ1) is 15.3. The molecule has 1 aliphatic rings. The Hall–Kier alpha value is -1.06. The fraction of sp³-hybridized carbons (Fsp3) is 0.647. The van der Waals surface area contributed by atoms with Gasteiger partial charge >= 0.3 is 0 Å². The van der Waals surface area contributed by atoms with Crippen LogP contribution in [0, 0.1) is 5.92 Å². The van der Waals surface area contributed by atoms with Crippen LogP contribution < -0.4 is 4.74 Å². The lowest BCUT2D eigenvalue weighted by Gasteiger charge is -2.31. The Labute approximate surface area is 122 Å². The molecule has 3 heteroatoms. The number of rotatable bonds is 7. The van der Waals surface area contributed by atoms with Gasteiger partial charge in [-0.05, 0) is 49.4 Å². The zero-order valence-corrected chi connectivity index (χ0v) is 12.6. The zero-order chi connectivity index (χ0) is 14.2. The van der Waals surface area contributed by atoms with Gasteiger partial charge in [0.1, 0.15) is 5.75 Å². The summed E-state index contributed by atoms with van der Waals surface area (Å²) in [5, 5.41) is 9.29. The molecule has 1 unspecified atom stereocenters. The van der Waals surface area contributed by atoms with Gasteiger partial charge in [-0.2, -0.15) is 0 Å². The number of ether oxygens (including phenoxy) is 1. The lowest BCUT2D eigenvalue weighted by Crippen LogP contribution is -2.36. The molecule has 1 aromatic carbocycles. The van der Waals surface area contributed by atoms with E-state index in [0.29, 0.717) is 12.5 Å². The first-order chi connectivity index (χ1) is 9.81. The molecular formula is C17H27NO2. The maximum Gasteiger partial charge on any atom is 0.119 e. The molecule has 0 radical (unpaired) electrons. The van der Waals surface area contributed by atoms with Crippen molar-refractivity contribution in [2.75, 3.05) is 26.3 Å². The molecule has 0 spiro atoms. The molecule has 1 aromatic rings. The lowest BCUT2D eigenvalue weighted by atomic mass is 9.98. The number of aliphatic hydroxyl groups is 1. The van der Waals surface area contributed by atoms with Crippen LogP contribution in [-0.2, 0) is 6.54 Å². The summed E-state index contributed by atoms with van der Waals surface area (Å²) in [6.07, 6.45) is 4.62. The number of nitrogens with zero attached hydrogens (tertiary/aromatic N) is 1. The summed E-state index contributed by atoms with van der Waals surface area (Å²) in [7, 11) is 0. The third-order valence-corrected chi connectivity index (χ3v) is 3.93. The van der Waals surface area contributed by atoms with Crippen molar-refractivity contribution < 1.29 is 9.84 Å². The highest BCUT2D eigenvalue weighted by Crippen LogP contribution is 2.20. The molecule has 112 valence electrons. The van der Waals surface area contributed by atoms with Crippen LogP contribution in [0.3, 0.4) is 0 Å². The summed E-state index contributed by atoms with van der Waals surface area (Å²) in [5.41, 5.74) is 1.30. The van der Waals surface area contributed by atoms with Crippen molar-refractivity contribution in [1.29, 1.82) is 0 Å². The first-order valence-corrected chi connectivity index (χ1v) is 7.86. The second kappa shape index (κ2) is 8.28. The molecule has 20 heavy (non-hydrogen) atoms. The summed E-state index contributed by atoms with van der Waals surface area (Å²) in [6, 6.07) is 8.42. The van der Waals surface area contributed by atoms with Crippen molar-refractivity contribution in [3.63, 3.8) is 0 Å². The number of hydrogen-bond donors (Lipinski definition) is 1. The van der Waals surface area contributed by atoms with Crippen molar-refractivity contribution in [2.24, 2.45) is 5.92 Å². The normalized spacial score (nSPS) is 20.0. The molecule has 1 aliphatic heterocycles. The Bertz CT molecular complexity index is 394. The maximum absolute atomic E-state index is 9.29. The Morgan fingerprint density at radius 2 is 2.30 bits per heavy atom. The number of unbranched alkanes of at least 4 members (excludes halogenated alkanes) is 1. The molecule has 1 atom stereocenters. The third kappa shape index (κ3) is 4.80. The van der Waals surface area contributed by atoms with E-state index in [1.165, 1.54) is 12.0 Å². The van der Waals surface area contributed by atoms with E-state index in [2.05, 4.69) is 30.0 Å². The lowest BCUT2D eigenvalue weighted by molar-refractivity contribution is 0.116. The summed E-state index contributed by atoms with van der Waals surface area (Å²) in [5.74, 6) is 1.43. The number of benzene rings is 1. The average molecular weight is 277 g/mol. The Balaban J connectivity index is 1.87. The molecule has 2 rings (SSSR count). The van der Waals surface area contributed by atoms with E-state index in [1.54, 1.807) is 0 Å². The van der Waals surface area contributed by atoms with Gasteiger partial charge in [-0.25, -0.2) is 0 Å². The number of hydrogen-bond acceptors (Lipinski definition) is 3. The predicted molar refractivity (Wildman–Crippen MR) is 81.9 cm³/mol. The van der Waals surface area contributed by atoms with Crippen LogP contribution in [0.4, 0.5) is 0 Å². The minimum atomic E-state index is 0.316. The second-order valence-corrected chi connectivity index (χ2v) is 5.78. The molecule has 0 amide bonds. The minimum absolute atomic E-state index is 0.316. The van der Waals surface area contributed by atoms with Gasteiger partial charge in [0.2, 0.25) is 0 Å². The highest BCUT2D eigenvalue weighted by atomic mass is 16.5. The molecule has 1 fully saturated rings. The van der Waals surface area contributed by atoms with E-state index < -0.39 is 0 Å². The van der Waals surface area contributed by atoms with Crippen LogP contribution in [-0.4, -0.2) is 36.3 Å². The fourth-order valence-electron chi connectivity index (χ4n) is 2.77. The highest BCUT2D eigenvalue weighted by Gasteiger charge is 2.19. The first-order valence-electron chi connectivity index (χ1n) is 7.86. The molecule has 0 bridgehead atoms. The zero-order valence-electron chi connectivity index (χ0n) is 12.6. The van der Waals surface area contributed by atoms with E-state index in [4.69, 9.17) is 4.74 Å². The number of piperidine rings is 1. The quantitative estimate of drug-likeness (QED) is 0.778. The monoisotopic (exact) mass is 277 g/mol. The van der Waals surface area contributed by atoms with E-state index in [-0.39, 0.29) is 0 Å². The van der Waals surface area contributed by atoms with E-state index in [1.807, 2.05) is 6.07 Å². The van der Waals surface area contributed by atoms with E-state index in [0.717, 1.165) is 51.3 Å². The van der Waals surface area contributed by atoms with E-state index >= 15 is 0 Å². The Kier molecular flexibility index (Phi) is 6.34. The topological polar surface area (TPSA) is 32.7 Å². The Morgan fingerprint density at radius 1 is 1.40 bits per heavy atom. The third-order valence-electron chi connectivity index (χ3n) is 3.93. The van der Waals surface area contributed by atoms with Gasteiger partial charge in [-0.15, -0.1) is 0 Å². The molecule has 1 saturated heterocycles.